The average Bonchev–Trinajstić information content (AvgIpc) is 3.13. The van der Waals surface area contributed by atoms with Gasteiger partial charge in [-0.15, -0.1) is 0 Å². The Morgan fingerprint density at radius 2 is 2.03 bits per heavy atom. The summed E-state index contributed by atoms with van der Waals surface area (Å²) >= 11 is 0. The largest absolute Gasteiger partial charge is 0.462 e. The van der Waals surface area contributed by atoms with E-state index in [-0.39, 0.29) is 23.6 Å². The van der Waals surface area contributed by atoms with Crippen LogP contribution in [0.3, 0.4) is 0 Å². The highest BCUT2D eigenvalue weighted by atomic mass is 19.3. The van der Waals surface area contributed by atoms with E-state index in [1.165, 1.54) is 22.8 Å². The van der Waals surface area contributed by atoms with Crippen molar-refractivity contribution in [3.8, 4) is 0 Å². The first-order valence-corrected chi connectivity index (χ1v) is 10.1. The molecule has 3 heterocycles. The van der Waals surface area contributed by atoms with Crippen molar-refractivity contribution in [2.24, 2.45) is 0 Å². The molecule has 0 fully saturated rings. The number of amides is 1. The van der Waals surface area contributed by atoms with E-state index in [4.69, 9.17) is 4.74 Å². The summed E-state index contributed by atoms with van der Waals surface area (Å²) in [6, 6.07) is 7.05. The number of esters is 1. The van der Waals surface area contributed by atoms with Crippen LogP contribution in [-0.4, -0.2) is 43.8 Å². The Kier molecular flexibility index (Phi) is 6.83. The van der Waals surface area contributed by atoms with Gasteiger partial charge in [0.1, 0.15) is 17.0 Å². The third-order valence-electron chi connectivity index (χ3n) is 4.61. The Bertz CT molecular complexity index is 1140. The van der Waals surface area contributed by atoms with Gasteiger partial charge in [-0.05, 0) is 57.9 Å². The molecule has 0 spiro atoms. The van der Waals surface area contributed by atoms with Gasteiger partial charge in [-0.25, -0.2) is 23.1 Å². The number of fused-ring (bicyclic) bond motifs is 1. The van der Waals surface area contributed by atoms with Gasteiger partial charge >= 0.3 is 5.97 Å². The Hall–Kier alpha value is -3.40. The summed E-state index contributed by atoms with van der Waals surface area (Å²) in [6.45, 7) is 5.17. The third kappa shape index (κ3) is 5.64. The summed E-state index contributed by atoms with van der Waals surface area (Å²) in [6.07, 6.45) is -0.397. The van der Waals surface area contributed by atoms with Crippen LogP contribution in [0.1, 0.15) is 65.9 Å². The number of nitrogens with zero attached hydrogens (tertiary/aromatic N) is 3. The van der Waals surface area contributed by atoms with E-state index >= 15 is 0 Å². The first kappa shape index (κ1) is 23.3. The average molecular weight is 446 g/mol. The van der Waals surface area contributed by atoms with E-state index in [2.05, 4.69) is 15.4 Å². The molecule has 0 radical (unpaired) electrons. The molecule has 10 heteroatoms. The van der Waals surface area contributed by atoms with Gasteiger partial charge in [0, 0.05) is 6.20 Å². The molecule has 0 saturated heterocycles. The minimum absolute atomic E-state index is 0.0508. The molecule has 3 rings (SSSR count). The highest BCUT2D eigenvalue weighted by Crippen LogP contribution is 2.23. The number of ether oxygens (including phenoxy) is 1. The van der Waals surface area contributed by atoms with Crippen molar-refractivity contribution in [2.75, 3.05) is 11.9 Å². The number of aliphatic hydroxyl groups is 1. The van der Waals surface area contributed by atoms with Crippen molar-refractivity contribution < 1.29 is 28.2 Å². The summed E-state index contributed by atoms with van der Waals surface area (Å²) in [5, 5.41) is 16.9. The molecule has 0 saturated carbocycles. The standard InChI is InChI=1S/C22H24F2N4O4/c1-4-32-21(30)15-12-28-14(10-13(27-28)8-9-22(2,3)31)11-18(15)26-20(29)17-7-5-6-16(25-17)19(23)24/h5-7,10-12,19,31H,4,8-9H2,1-3H3,(H,26,29). The third-order valence-corrected chi connectivity index (χ3v) is 4.61. The number of halogens is 2. The molecule has 0 aliphatic heterocycles. The van der Waals surface area contributed by atoms with Gasteiger partial charge < -0.3 is 15.2 Å². The lowest BCUT2D eigenvalue weighted by Crippen LogP contribution is -2.19. The molecular weight excluding hydrogens is 422 g/mol. The van der Waals surface area contributed by atoms with Crippen LogP contribution in [0.4, 0.5) is 14.5 Å². The summed E-state index contributed by atoms with van der Waals surface area (Å²) in [5.74, 6) is -1.42. The van der Waals surface area contributed by atoms with Crippen LogP contribution in [0.15, 0.2) is 36.5 Å². The number of aryl methyl sites for hydroxylation is 1. The zero-order valence-corrected chi connectivity index (χ0v) is 17.9. The van der Waals surface area contributed by atoms with Crippen molar-refractivity contribution in [1.29, 1.82) is 0 Å². The summed E-state index contributed by atoms with van der Waals surface area (Å²) in [4.78, 5) is 28.8. The number of hydrogen-bond donors (Lipinski definition) is 2. The zero-order valence-electron chi connectivity index (χ0n) is 17.9. The van der Waals surface area contributed by atoms with Gasteiger partial charge in [0.2, 0.25) is 0 Å². The van der Waals surface area contributed by atoms with Crippen LogP contribution in [0.5, 0.6) is 0 Å². The summed E-state index contributed by atoms with van der Waals surface area (Å²) in [5.41, 5.74) is -0.118. The number of hydrogen-bond acceptors (Lipinski definition) is 6. The van der Waals surface area contributed by atoms with Crippen LogP contribution in [0.2, 0.25) is 0 Å². The summed E-state index contributed by atoms with van der Waals surface area (Å²) in [7, 11) is 0. The number of alkyl halides is 2. The maximum Gasteiger partial charge on any atom is 0.341 e. The van der Waals surface area contributed by atoms with E-state index in [9.17, 15) is 23.5 Å². The Morgan fingerprint density at radius 1 is 1.28 bits per heavy atom. The monoisotopic (exact) mass is 446 g/mol. The molecule has 0 aliphatic carbocycles. The highest BCUT2D eigenvalue weighted by molar-refractivity contribution is 6.07. The fourth-order valence-corrected chi connectivity index (χ4v) is 3.01. The SMILES string of the molecule is CCOC(=O)c1cn2nc(CCC(C)(C)O)cc2cc1NC(=O)c1cccc(C(F)F)n1. The number of anilines is 1. The van der Waals surface area contributed by atoms with Crippen molar-refractivity contribution in [3.63, 3.8) is 0 Å². The Morgan fingerprint density at radius 3 is 2.69 bits per heavy atom. The molecule has 0 atom stereocenters. The molecule has 32 heavy (non-hydrogen) atoms. The maximum atomic E-state index is 12.9. The molecule has 0 unspecified atom stereocenters. The van der Waals surface area contributed by atoms with Crippen molar-refractivity contribution in [1.82, 2.24) is 14.6 Å². The normalized spacial score (nSPS) is 11.7. The lowest BCUT2D eigenvalue weighted by molar-refractivity contribution is 0.0526. The number of aromatic nitrogens is 3. The van der Waals surface area contributed by atoms with E-state index in [0.717, 1.165) is 6.07 Å². The number of carbonyl (C=O) groups excluding carboxylic acids is 2. The zero-order chi connectivity index (χ0) is 23.5. The molecular formula is C22H24F2N4O4. The molecule has 0 aromatic carbocycles. The first-order valence-electron chi connectivity index (χ1n) is 10.1. The smallest absolute Gasteiger partial charge is 0.341 e. The Labute approximate surface area is 183 Å². The quantitative estimate of drug-likeness (QED) is 0.510. The number of nitrogens with one attached hydrogen (secondary N) is 1. The van der Waals surface area contributed by atoms with E-state index in [1.54, 1.807) is 32.9 Å². The molecule has 3 aromatic heterocycles. The lowest BCUT2D eigenvalue weighted by Gasteiger charge is -2.15. The number of carbonyl (C=O) groups is 2. The number of pyridine rings is 2. The van der Waals surface area contributed by atoms with Gasteiger partial charge in [0.25, 0.3) is 12.3 Å². The van der Waals surface area contributed by atoms with E-state index in [1.807, 2.05) is 0 Å². The van der Waals surface area contributed by atoms with Gasteiger partial charge in [-0.2, -0.15) is 5.10 Å². The predicted molar refractivity (Wildman–Crippen MR) is 113 cm³/mol. The van der Waals surface area contributed by atoms with Gasteiger partial charge in [-0.3, -0.25) is 4.79 Å². The van der Waals surface area contributed by atoms with Crippen LogP contribution >= 0.6 is 0 Å². The fraction of sp³-hybridized carbons (Fsp3) is 0.364. The van der Waals surface area contributed by atoms with Crippen molar-refractivity contribution in [3.05, 3.63) is 59.2 Å². The van der Waals surface area contributed by atoms with Gasteiger partial charge in [0.05, 0.1) is 29.1 Å². The van der Waals surface area contributed by atoms with Crippen LogP contribution in [0.25, 0.3) is 5.52 Å². The topological polar surface area (TPSA) is 106 Å². The van der Waals surface area contributed by atoms with Crippen LogP contribution in [0, 0.1) is 0 Å². The minimum atomic E-state index is -2.82. The summed E-state index contributed by atoms with van der Waals surface area (Å²) < 4.78 is 32.4. The molecule has 1 amide bonds. The second-order valence-electron chi connectivity index (χ2n) is 7.84. The van der Waals surface area contributed by atoms with Crippen LogP contribution in [-0.2, 0) is 11.2 Å². The molecule has 2 N–H and O–H groups in total. The lowest BCUT2D eigenvalue weighted by atomic mass is 10.0. The van der Waals surface area contributed by atoms with Gasteiger partial charge in [0.15, 0.2) is 0 Å². The molecule has 0 bridgehead atoms. The highest BCUT2D eigenvalue weighted by Gasteiger charge is 2.20. The molecule has 0 aliphatic rings. The molecule has 170 valence electrons. The van der Waals surface area contributed by atoms with Crippen LogP contribution < -0.4 is 5.32 Å². The first-order chi connectivity index (χ1) is 15.1. The molecule has 8 nitrogen and oxygen atoms in total. The Balaban J connectivity index is 1.95. The second kappa shape index (κ2) is 9.39. The van der Waals surface area contributed by atoms with Crippen molar-refractivity contribution >= 4 is 23.1 Å². The van der Waals surface area contributed by atoms with Crippen molar-refractivity contribution in [2.45, 2.75) is 45.6 Å². The molecule has 3 aromatic rings. The van der Waals surface area contributed by atoms with E-state index < -0.39 is 29.6 Å². The minimum Gasteiger partial charge on any atom is -0.462 e. The maximum absolute atomic E-state index is 12.9. The number of rotatable bonds is 8. The van der Waals surface area contributed by atoms with Gasteiger partial charge in [-0.1, -0.05) is 6.07 Å². The van der Waals surface area contributed by atoms with E-state index in [0.29, 0.717) is 24.1 Å². The predicted octanol–water partition coefficient (Wildman–Crippen LogP) is 3.80. The fourth-order valence-electron chi connectivity index (χ4n) is 3.01. The second-order valence-corrected chi connectivity index (χ2v) is 7.84.